The lowest BCUT2D eigenvalue weighted by atomic mass is 9.92. The molecule has 0 bridgehead atoms. The zero-order valence-electron chi connectivity index (χ0n) is 11.3. The van der Waals surface area contributed by atoms with E-state index in [4.69, 9.17) is 11.6 Å². The van der Waals surface area contributed by atoms with Gasteiger partial charge in [0.25, 0.3) is 5.69 Å². The van der Waals surface area contributed by atoms with Gasteiger partial charge in [0, 0.05) is 29.7 Å². The predicted octanol–water partition coefficient (Wildman–Crippen LogP) is 2.74. The molecule has 0 fully saturated rings. The quantitative estimate of drug-likeness (QED) is 0.623. The highest BCUT2D eigenvalue weighted by Gasteiger charge is 2.24. The van der Waals surface area contributed by atoms with Gasteiger partial charge in [-0.15, -0.1) is 0 Å². The minimum atomic E-state index is -0.854. The number of nitrogens with one attached hydrogen (secondary N) is 1. The SMILES string of the molecule is CC(C)C(C)(O)CNCc1cc(Cl)ccc1[N+](=O)[O-]. The number of rotatable bonds is 6. The molecule has 1 aromatic rings. The average molecular weight is 287 g/mol. The molecule has 19 heavy (non-hydrogen) atoms. The number of hydrogen-bond donors (Lipinski definition) is 2. The topological polar surface area (TPSA) is 75.4 Å². The molecule has 2 N–H and O–H groups in total. The molecule has 1 rings (SSSR count). The van der Waals surface area contributed by atoms with Crippen molar-refractivity contribution in [2.45, 2.75) is 32.9 Å². The lowest BCUT2D eigenvalue weighted by molar-refractivity contribution is -0.385. The van der Waals surface area contributed by atoms with Gasteiger partial charge in [0.1, 0.15) is 0 Å². The van der Waals surface area contributed by atoms with Crippen molar-refractivity contribution in [1.29, 1.82) is 0 Å². The number of aliphatic hydroxyl groups is 1. The Hall–Kier alpha value is -1.17. The molecule has 0 amide bonds. The van der Waals surface area contributed by atoms with Crippen LogP contribution in [0.15, 0.2) is 18.2 Å². The Morgan fingerprint density at radius 2 is 2.16 bits per heavy atom. The van der Waals surface area contributed by atoms with Crippen LogP contribution in [-0.2, 0) is 6.54 Å². The maximum Gasteiger partial charge on any atom is 0.273 e. The minimum Gasteiger partial charge on any atom is -0.389 e. The molecule has 6 heteroatoms. The summed E-state index contributed by atoms with van der Waals surface area (Å²) in [4.78, 5) is 10.5. The van der Waals surface area contributed by atoms with Crippen molar-refractivity contribution < 1.29 is 10.0 Å². The average Bonchev–Trinajstić information content (AvgIpc) is 2.28. The van der Waals surface area contributed by atoms with E-state index in [-0.39, 0.29) is 11.6 Å². The summed E-state index contributed by atoms with van der Waals surface area (Å²) in [5, 5.41) is 24.5. The second-order valence-electron chi connectivity index (χ2n) is 5.15. The molecule has 1 unspecified atom stereocenters. The number of hydrogen-bond acceptors (Lipinski definition) is 4. The summed E-state index contributed by atoms with van der Waals surface area (Å²) >= 11 is 5.84. The van der Waals surface area contributed by atoms with Crippen LogP contribution in [0.3, 0.4) is 0 Å². The highest BCUT2D eigenvalue weighted by atomic mass is 35.5. The third-order valence-corrected chi connectivity index (χ3v) is 3.52. The Bertz CT molecular complexity index is 461. The van der Waals surface area contributed by atoms with Crippen molar-refractivity contribution in [1.82, 2.24) is 5.32 Å². The Kier molecular flexibility index (Phi) is 5.29. The highest BCUT2D eigenvalue weighted by Crippen LogP contribution is 2.23. The van der Waals surface area contributed by atoms with Gasteiger partial charge >= 0.3 is 0 Å². The van der Waals surface area contributed by atoms with Crippen LogP contribution in [0.25, 0.3) is 0 Å². The van der Waals surface area contributed by atoms with E-state index in [1.165, 1.54) is 12.1 Å². The molecule has 0 aliphatic carbocycles. The first-order chi connectivity index (χ1) is 8.74. The van der Waals surface area contributed by atoms with E-state index >= 15 is 0 Å². The maximum atomic E-state index is 10.9. The van der Waals surface area contributed by atoms with E-state index in [1.54, 1.807) is 13.0 Å². The lowest BCUT2D eigenvalue weighted by Gasteiger charge is -2.27. The largest absolute Gasteiger partial charge is 0.389 e. The van der Waals surface area contributed by atoms with Crippen molar-refractivity contribution in [2.75, 3.05) is 6.54 Å². The molecule has 0 saturated carbocycles. The van der Waals surface area contributed by atoms with Gasteiger partial charge in [-0.25, -0.2) is 0 Å². The summed E-state index contributed by atoms with van der Waals surface area (Å²) in [5.74, 6) is 0.0920. The zero-order valence-corrected chi connectivity index (χ0v) is 12.1. The van der Waals surface area contributed by atoms with Crippen LogP contribution in [-0.4, -0.2) is 22.2 Å². The summed E-state index contributed by atoms with van der Waals surface area (Å²) in [6.45, 7) is 6.22. The molecular formula is C13H19ClN2O3. The fourth-order valence-corrected chi connectivity index (χ4v) is 1.72. The van der Waals surface area contributed by atoms with Crippen molar-refractivity contribution in [3.8, 4) is 0 Å². The third-order valence-electron chi connectivity index (χ3n) is 3.28. The van der Waals surface area contributed by atoms with E-state index < -0.39 is 10.5 Å². The first-order valence-corrected chi connectivity index (χ1v) is 6.47. The van der Waals surface area contributed by atoms with E-state index in [9.17, 15) is 15.2 Å². The number of benzene rings is 1. The lowest BCUT2D eigenvalue weighted by Crippen LogP contribution is -2.42. The Morgan fingerprint density at radius 3 is 2.68 bits per heavy atom. The van der Waals surface area contributed by atoms with E-state index in [1.807, 2.05) is 13.8 Å². The number of halogens is 1. The van der Waals surface area contributed by atoms with Gasteiger partial charge in [0.15, 0.2) is 0 Å². The first kappa shape index (κ1) is 15.9. The molecule has 0 spiro atoms. The summed E-state index contributed by atoms with van der Waals surface area (Å²) < 4.78 is 0. The maximum absolute atomic E-state index is 10.9. The fraction of sp³-hybridized carbons (Fsp3) is 0.538. The van der Waals surface area contributed by atoms with E-state index in [2.05, 4.69) is 5.32 Å². The van der Waals surface area contributed by atoms with Crippen LogP contribution >= 0.6 is 11.6 Å². The van der Waals surface area contributed by atoms with Gasteiger partial charge in [-0.3, -0.25) is 10.1 Å². The molecule has 0 aliphatic rings. The fourth-order valence-electron chi connectivity index (χ4n) is 1.53. The third kappa shape index (κ3) is 4.45. The first-order valence-electron chi connectivity index (χ1n) is 6.10. The second kappa shape index (κ2) is 6.32. The number of nitro groups is 1. The summed E-state index contributed by atoms with van der Waals surface area (Å²) in [6, 6.07) is 4.45. The molecular weight excluding hydrogens is 268 g/mol. The molecule has 0 aliphatic heterocycles. The van der Waals surface area contributed by atoms with Crippen LogP contribution < -0.4 is 5.32 Å². The second-order valence-corrected chi connectivity index (χ2v) is 5.58. The van der Waals surface area contributed by atoms with Crippen LogP contribution in [0.5, 0.6) is 0 Å². The molecule has 0 saturated heterocycles. The van der Waals surface area contributed by atoms with Crippen LogP contribution in [0.4, 0.5) is 5.69 Å². The molecule has 0 radical (unpaired) electrons. The predicted molar refractivity (Wildman–Crippen MR) is 75.3 cm³/mol. The normalized spacial score (nSPS) is 14.4. The molecule has 0 aromatic heterocycles. The summed E-state index contributed by atoms with van der Waals surface area (Å²) in [7, 11) is 0. The smallest absolute Gasteiger partial charge is 0.273 e. The van der Waals surface area contributed by atoms with Crippen molar-refractivity contribution >= 4 is 17.3 Å². The van der Waals surface area contributed by atoms with Crippen LogP contribution in [0.2, 0.25) is 5.02 Å². The van der Waals surface area contributed by atoms with Crippen LogP contribution in [0.1, 0.15) is 26.3 Å². The molecule has 106 valence electrons. The standard InChI is InChI=1S/C13H19ClN2O3/c1-9(2)13(3,17)8-15-7-10-6-11(14)4-5-12(10)16(18)19/h4-6,9,15,17H,7-8H2,1-3H3. The van der Waals surface area contributed by atoms with Gasteiger partial charge in [0.2, 0.25) is 0 Å². The van der Waals surface area contributed by atoms with Gasteiger partial charge in [0.05, 0.1) is 10.5 Å². The van der Waals surface area contributed by atoms with E-state index in [0.717, 1.165) is 0 Å². The molecule has 1 atom stereocenters. The minimum absolute atomic E-state index is 0.0288. The number of nitrogens with zero attached hydrogens (tertiary/aromatic N) is 1. The van der Waals surface area contributed by atoms with Crippen molar-refractivity contribution in [2.24, 2.45) is 5.92 Å². The van der Waals surface area contributed by atoms with Crippen molar-refractivity contribution in [3.05, 3.63) is 38.9 Å². The molecule has 0 heterocycles. The molecule has 1 aromatic carbocycles. The van der Waals surface area contributed by atoms with Gasteiger partial charge in [-0.2, -0.15) is 0 Å². The van der Waals surface area contributed by atoms with Gasteiger partial charge in [-0.1, -0.05) is 25.4 Å². The Balaban J connectivity index is 2.73. The summed E-state index contributed by atoms with van der Waals surface area (Å²) in [5.41, 5.74) is -0.314. The van der Waals surface area contributed by atoms with E-state index in [0.29, 0.717) is 23.7 Å². The van der Waals surface area contributed by atoms with Gasteiger partial charge < -0.3 is 10.4 Å². The number of nitro benzene ring substituents is 1. The molecule has 5 nitrogen and oxygen atoms in total. The highest BCUT2D eigenvalue weighted by molar-refractivity contribution is 6.30. The summed E-state index contributed by atoms with van der Waals surface area (Å²) in [6.07, 6.45) is 0. The Morgan fingerprint density at radius 1 is 1.53 bits per heavy atom. The zero-order chi connectivity index (χ0) is 14.6. The van der Waals surface area contributed by atoms with Gasteiger partial charge in [-0.05, 0) is 25.0 Å². The van der Waals surface area contributed by atoms with Crippen LogP contribution in [0, 0.1) is 16.0 Å². The Labute approximate surface area is 117 Å². The van der Waals surface area contributed by atoms with Crippen molar-refractivity contribution in [3.63, 3.8) is 0 Å². The monoisotopic (exact) mass is 286 g/mol.